The van der Waals surface area contributed by atoms with Gasteiger partial charge in [0.2, 0.25) is 0 Å². The third kappa shape index (κ3) is 3.50. The normalized spacial score (nSPS) is 11.0. The van der Waals surface area contributed by atoms with Gasteiger partial charge >= 0.3 is 5.97 Å². The third-order valence-corrected chi connectivity index (χ3v) is 5.11. The van der Waals surface area contributed by atoms with Crippen molar-refractivity contribution in [3.8, 4) is 5.75 Å². The number of halogens is 1. The number of phenolic OH excluding ortho intramolecular Hbond substituents is 1. The summed E-state index contributed by atoms with van der Waals surface area (Å²) in [7, 11) is -2.74. The first-order valence-corrected chi connectivity index (χ1v) is 8.60. The van der Waals surface area contributed by atoms with Crippen LogP contribution in [-0.2, 0) is 14.8 Å². The number of methoxy groups -OCH3 is 1. The maximum absolute atomic E-state index is 12.4. The van der Waals surface area contributed by atoms with Gasteiger partial charge in [0.1, 0.15) is 11.3 Å². The Kier molecular flexibility index (Phi) is 4.91. The van der Waals surface area contributed by atoms with E-state index in [0.29, 0.717) is 5.69 Å². The molecule has 8 heteroatoms. The zero-order valence-corrected chi connectivity index (χ0v) is 14.4. The van der Waals surface area contributed by atoms with Crippen LogP contribution in [0, 0.1) is 3.57 Å². The van der Waals surface area contributed by atoms with Gasteiger partial charge in [0, 0.05) is 3.57 Å². The van der Waals surface area contributed by atoms with E-state index in [9.17, 15) is 18.3 Å². The summed E-state index contributed by atoms with van der Waals surface area (Å²) < 4.78 is 32.4. The van der Waals surface area contributed by atoms with E-state index in [1.807, 2.05) is 22.6 Å². The van der Waals surface area contributed by atoms with Gasteiger partial charge in [-0.25, -0.2) is 13.2 Å². The first kappa shape index (κ1) is 16.6. The number of esters is 1. The van der Waals surface area contributed by atoms with Crippen LogP contribution in [0.15, 0.2) is 47.4 Å². The molecule has 0 saturated heterocycles. The highest BCUT2D eigenvalue weighted by Crippen LogP contribution is 2.25. The standard InChI is InChI=1S/C14H12INO5S/c1-21-14(18)10-8-9(6-7-13(10)17)22(19,20)16-12-5-3-2-4-11(12)15/h2-8,16-17H,1H3. The van der Waals surface area contributed by atoms with Crippen LogP contribution in [0.1, 0.15) is 10.4 Å². The van der Waals surface area contributed by atoms with E-state index in [-0.39, 0.29) is 16.2 Å². The molecular formula is C14H12INO5S. The molecule has 2 aromatic carbocycles. The van der Waals surface area contributed by atoms with Gasteiger partial charge in [0.15, 0.2) is 0 Å². The van der Waals surface area contributed by atoms with Gasteiger partial charge in [-0.2, -0.15) is 0 Å². The fourth-order valence-corrected chi connectivity index (χ4v) is 3.51. The molecule has 0 bridgehead atoms. The number of nitrogens with one attached hydrogen (secondary N) is 1. The second-order valence-corrected chi connectivity index (χ2v) is 7.10. The van der Waals surface area contributed by atoms with E-state index >= 15 is 0 Å². The molecule has 116 valence electrons. The molecule has 0 amide bonds. The molecule has 6 nitrogen and oxygen atoms in total. The van der Waals surface area contributed by atoms with E-state index in [1.165, 1.54) is 6.07 Å². The Morgan fingerprint density at radius 1 is 1.23 bits per heavy atom. The van der Waals surface area contributed by atoms with Crippen LogP contribution in [0.4, 0.5) is 5.69 Å². The number of phenols is 1. The van der Waals surface area contributed by atoms with Crippen molar-refractivity contribution in [3.05, 3.63) is 51.6 Å². The number of aromatic hydroxyl groups is 1. The van der Waals surface area contributed by atoms with Crippen molar-refractivity contribution in [1.82, 2.24) is 0 Å². The average Bonchev–Trinajstić information content (AvgIpc) is 2.49. The highest BCUT2D eigenvalue weighted by molar-refractivity contribution is 14.1. The van der Waals surface area contributed by atoms with Crippen LogP contribution < -0.4 is 4.72 Å². The van der Waals surface area contributed by atoms with Crippen molar-refractivity contribution in [2.75, 3.05) is 11.8 Å². The number of benzene rings is 2. The Morgan fingerprint density at radius 2 is 1.91 bits per heavy atom. The molecule has 0 unspecified atom stereocenters. The third-order valence-electron chi connectivity index (χ3n) is 2.80. The summed E-state index contributed by atoms with van der Waals surface area (Å²) in [6.07, 6.45) is 0. The molecule has 2 aromatic rings. The smallest absolute Gasteiger partial charge is 0.341 e. The SMILES string of the molecule is COC(=O)c1cc(S(=O)(=O)Nc2ccccc2I)ccc1O. The number of para-hydroxylation sites is 1. The van der Waals surface area contributed by atoms with E-state index < -0.39 is 16.0 Å². The van der Waals surface area contributed by atoms with Crippen LogP contribution in [0.3, 0.4) is 0 Å². The minimum atomic E-state index is -3.89. The molecule has 0 fully saturated rings. The number of ether oxygens (including phenoxy) is 1. The van der Waals surface area contributed by atoms with Gasteiger partial charge in [0.05, 0.1) is 17.7 Å². The Balaban J connectivity index is 2.42. The van der Waals surface area contributed by atoms with Crippen LogP contribution >= 0.6 is 22.6 Å². The molecule has 2 rings (SSSR count). The molecule has 2 N–H and O–H groups in total. The summed E-state index contributed by atoms with van der Waals surface area (Å²) in [6, 6.07) is 10.3. The molecule has 0 atom stereocenters. The molecule has 0 aliphatic carbocycles. The first-order chi connectivity index (χ1) is 10.3. The predicted molar refractivity (Wildman–Crippen MR) is 89.4 cm³/mol. The van der Waals surface area contributed by atoms with Crippen molar-refractivity contribution in [2.24, 2.45) is 0 Å². The second-order valence-electron chi connectivity index (χ2n) is 4.26. The van der Waals surface area contributed by atoms with Crippen molar-refractivity contribution in [3.63, 3.8) is 0 Å². The number of rotatable bonds is 4. The summed E-state index contributed by atoms with van der Waals surface area (Å²) in [5, 5.41) is 9.62. The molecule has 0 heterocycles. The predicted octanol–water partition coefficient (Wildman–Crippen LogP) is 2.58. The number of anilines is 1. The minimum absolute atomic E-state index is 0.148. The number of carbonyl (C=O) groups excluding carboxylic acids is 1. The van der Waals surface area contributed by atoms with Gasteiger partial charge in [-0.05, 0) is 52.9 Å². The largest absolute Gasteiger partial charge is 0.507 e. The van der Waals surface area contributed by atoms with Crippen molar-refractivity contribution >= 4 is 44.3 Å². The lowest BCUT2D eigenvalue weighted by Crippen LogP contribution is -2.14. The van der Waals surface area contributed by atoms with E-state index in [1.54, 1.807) is 24.3 Å². The van der Waals surface area contributed by atoms with Gasteiger partial charge in [-0.15, -0.1) is 0 Å². The van der Waals surface area contributed by atoms with Gasteiger partial charge < -0.3 is 9.84 Å². The van der Waals surface area contributed by atoms with Crippen LogP contribution in [0.2, 0.25) is 0 Å². The Labute approximate surface area is 141 Å². The molecule has 0 aliphatic heterocycles. The molecule has 0 saturated carbocycles. The van der Waals surface area contributed by atoms with Crippen LogP contribution in [-0.4, -0.2) is 26.6 Å². The number of sulfonamides is 1. The zero-order chi connectivity index (χ0) is 16.3. The lowest BCUT2D eigenvalue weighted by molar-refractivity contribution is 0.0597. The number of carbonyl (C=O) groups is 1. The second kappa shape index (κ2) is 6.53. The topological polar surface area (TPSA) is 92.7 Å². The summed E-state index contributed by atoms with van der Waals surface area (Å²) in [6.45, 7) is 0. The highest BCUT2D eigenvalue weighted by atomic mass is 127. The number of hydrogen-bond acceptors (Lipinski definition) is 5. The van der Waals surface area contributed by atoms with E-state index in [0.717, 1.165) is 22.8 Å². The van der Waals surface area contributed by atoms with Crippen molar-refractivity contribution < 1.29 is 23.1 Å². The molecule has 22 heavy (non-hydrogen) atoms. The Bertz CT molecular complexity index is 820. The van der Waals surface area contributed by atoms with Crippen molar-refractivity contribution in [1.29, 1.82) is 0 Å². The van der Waals surface area contributed by atoms with E-state index in [4.69, 9.17) is 0 Å². The first-order valence-electron chi connectivity index (χ1n) is 6.04. The van der Waals surface area contributed by atoms with Gasteiger partial charge in [-0.1, -0.05) is 12.1 Å². The Hall–Kier alpha value is -1.81. The minimum Gasteiger partial charge on any atom is -0.507 e. The summed E-state index contributed by atoms with van der Waals surface area (Å²) >= 11 is 2.01. The molecule has 0 aliphatic rings. The van der Waals surface area contributed by atoms with Gasteiger partial charge in [0.25, 0.3) is 10.0 Å². The summed E-state index contributed by atoms with van der Waals surface area (Å²) in [4.78, 5) is 11.4. The molecular weight excluding hydrogens is 421 g/mol. The van der Waals surface area contributed by atoms with Gasteiger partial charge in [-0.3, -0.25) is 4.72 Å². The van der Waals surface area contributed by atoms with Crippen LogP contribution in [0.25, 0.3) is 0 Å². The van der Waals surface area contributed by atoms with Crippen molar-refractivity contribution in [2.45, 2.75) is 4.90 Å². The maximum Gasteiger partial charge on any atom is 0.341 e. The zero-order valence-electron chi connectivity index (χ0n) is 11.4. The molecule has 0 spiro atoms. The lowest BCUT2D eigenvalue weighted by atomic mass is 10.2. The fourth-order valence-electron chi connectivity index (χ4n) is 1.70. The summed E-state index contributed by atoms with van der Waals surface area (Å²) in [5.74, 6) is -1.16. The quantitative estimate of drug-likeness (QED) is 0.572. The average molecular weight is 433 g/mol. The maximum atomic E-state index is 12.4. The molecule has 0 radical (unpaired) electrons. The Morgan fingerprint density at radius 3 is 2.55 bits per heavy atom. The number of hydrogen-bond donors (Lipinski definition) is 2. The lowest BCUT2D eigenvalue weighted by Gasteiger charge is -2.11. The monoisotopic (exact) mass is 433 g/mol. The summed E-state index contributed by atoms with van der Waals surface area (Å²) in [5.41, 5.74) is 0.212. The van der Waals surface area contributed by atoms with E-state index in [2.05, 4.69) is 9.46 Å². The highest BCUT2D eigenvalue weighted by Gasteiger charge is 2.20. The fraction of sp³-hybridized carbons (Fsp3) is 0.0714. The molecule has 0 aromatic heterocycles. The van der Waals surface area contributed by atoms with Crippen LogP contribution in [0.5, 0.6) is 5.75 Å².